The van der Waals surface area contributed by atoms with Crippen LogP contribution in [0.3, 0.4) is 0 Å². The van der Waals surface area contributed by atoms with E-state index in [0.717, 1.165) is 33.4 Å². The van der Waals surface area contributed by atoms with Crippen molar-refractivity contribution >= 4 is 5.97 Å². The van der Waals surface area contributed by atoms with Gasteiger partial charge in [-0.1, -0.05) is 182 Å². The van der Waals surface area contributed by atoms with Crippen LogP contribution in [0.25, 0.3) is 0 Å². The van der Waals surface area contributed by atoms with Crippen molar-refractivity contribution in [3.63, 3.8) is 0 Å². The molecule has 0 amide bonds. The first-order chi connectivity index (χ1) is 27.0. The summed E-state index contributed by atoms with van der Waals surface area (Å²) in [4.78, 5) is 12.2. The summed E-state index contributed by atoms with van der Waals surface area (Å²) >= 11 is 0. The minimum Gasteiger partial charge on any atom is -0.463 e. The van der Waals surface area contributed by atoms with E-state index < -0.39 is 36.0 Å². The van der Waals surface area contributed by atoms with Crippen molar-refractivity contribution in [3.8, 4) is 0 Å². The van der Waals surface area contributed by atoms with Crippen LogP contribution in [0.1, 0.15) is 40.3 Å². The highest BCUT2D eigenvalue weighted by atomic mass is 16.6. The maximum atomic E-state index is 12.5. The summed E-state index contributed by atoms with van der Waals surface area (Å²) < 4.78 is 32.6. The van der Waals surface area contributed by atoms with Gasteiger partial charge in [-0.25, -0.2) is 0 Å². The van der Waals surface area contributed by atoms with Gasteiger partial charge in [0.2, 0.25) is 0 Å². The molecule has 0 aliphatic rings. The van der Waals surface area contributed by atoms with E-state index in [1.807, 2.05) is 182 Å². The molecule has 0 aromatic heterocycles. The molecule has 0 fully saturated rings. The second kappa shape index (κ2) is 20.3. The number of hydrogen-bond acceptors (Lipinski definition) is 7. The molecular weight excluding hydrogens is 689 g/mol. The third-order valence-corrected chi connectivity index (χ3v) is 9.41. The van der Waals surface area contributed by atoms with Crippen molar-refractivity contribution in [1.82, 2.24) is 0 Å². The van der Waals surface area contributed by atoms with Crippen molar-refractivity contribution in [3.05, 3.63) is 215 Å². The van der Waals surface area contributed by atoms with Crippen molar-refractivity contribution < 1.29 is 33.6 Å². The molecule has 0 radical (unpaired) electrons. The van der Waals surface area contributed by atoms with Crippen LogP contribution in [0.4, 0.5) is 0 Å². The summed E-state index contributed by atoms with van der Waals surface area (Å²) in [5.74, 6) is -0.459. The lowest BCUT2D eigenvalue weighted by atomic mass is 9.80. The fourth-order valence-corrected chi connectivity index (χ4v) is 6.66. The van der Waals surface area contributed by atoms with Crippen molar-refractivity contribution in [2.75, 3.05) is 13.2 Å². The molecule has 282 valence electrons. The van der Waals surface area contributed by atoms with Crippen LogP contribution in [0.15, 0.2) is 182 Å². The lowest BCUT2D eigenvalue weighted by Gasteiger charge is -2.39. The first kappa shape index (κ1) is 39.3. The van der Waals surface area contributed by atoms with Crippen LogP contribution in [0, 0.1) is 0 Å². The molecule has 0 spiro atoms. The molecule has 6 aromatic carbocycles. The Hall–Kier alpha value is -5.41. The predicted molar refractivity (Wildman–Crippen MR) is 213 cm³/mol. The quantitative estimate of drug-likeness (QED) is 0.0621. The zero-order valence-electron chi connectivity index (χ0n) is 31.1. The first-order valence-corrected chi connectivity index (χ1v) is 18.6. The van der Waals surface area contributed by atoms with Gasteiger partial charge in [0.1, 0.15) is 36.6 Å². The first-order valence-electron chi connectivity index (χ1n) is 18.6. The van der Waals surface area contributed by atoms with Gasteiger partial charge in [-0.05, 0) is 33.4 Å². The Balaban J connectivity index is 1.39. The number of benzene rings is 6. The normalized spacial score (nSPS) is 13.7. The molecule has 0 heterocycles. The van der Waals surface area contributed by atoms with Crippen molar-refractivity contribution in [1.29, 1.82) is 0 Å². The van der Waals surface area contributed by atoms with E-state index >= 15 is 0 Å². The number of rotatable bonds is 20. The topological polar surface area (TPSA) is 83.5 Å². The molecule has 0 unspecified atom stereocenters. The molecule has 0 bridgehead atoms. The monoisotopic (exact) mass is 736 g/mol. The molecule has 6 aromatic rings. The maximum Gasteiger partial charge on any atom is 0.302 e. The van der Waals surface area contributed by atoms with E-state index in [0.29, 0.717) is 0 Å². The summed E-state index contributed by atoms with van der Waals surface area (Å²) in [7, 11) is 0. The van der Waals surface area contributed by atoms with Crippen LogP contribution in [0.2, 0.25) is 0 Å². The highest BCUT2D eigenvalue weighted by Crippen LogP contribution is 2.41. The van der Waals surface area contributed by atoms with Crippen molar-refractivity contribution in [2.24, 2.45) is 0 Å². The second-order valence-corrected chi connectivity index (χ2v) is 13.3. The smallest absolute Gasteiger partial charge is 0.302 e. The van der Waals surface area contributed by atoms with Crippen LogP contribution < -0.4 is 0 Å². The zero-order valence-corrected chi connectivity index (χ0v) is 31.1. The number of esters is 1. The Bertz CT molecular complexity index is 1860. The highest BCUT2D eigenvalue weighted by Gasteiger charge is 2.42. The van der Waals surface area contributed by atoms with Crippen LogP contribution in [-0.2, 0) is 53.9 Å². The van der Waals surface area contributed by atoms with Crippen molar-refractivity contribution in [2.45, 2.75) is 56.8 Å². The minimum atomic E-state index is -1.24. The molecule has 6 rings (SSSR count). The second-order valence-electron chi connectivity index (χ2n) is 13.3. The number of ether oxygens (including phenoxy) is 5. The van der Waals surface area contributed by atoms with Gasteiger partial charge in [0, 0.05) is 6.92 Å². The summed E-state index contributed by atoms with van der Waals surface area (Å²) in [6.45, 7) is 1.67. The number of carbonyl (C=O) groups excluding carboxylic acids is 1. The summed E-state index contributed by atoms with van der Waals surface area (Å²) in [6.07, 6.45) is -3.98. The van der Waals surface area contributed by atoms with Gasteiger partial charge in [-0.3, -0.25) is 4.79 Å². The van der Waals surface area contributed by atoms with Gasteiger partial charge in [0.25, 0.3) is 0 Å². The van der Waals surface area contributed by atoms with E-state index in [1.165, 1.54) is 6.92 Å². The average Bonchev–Trinajstić information content (AvgIpc) is 3.24. The van der Waals surface area contributed by atoms with E-state index in [1.54, 1.807) is 0 Å². The van der Waals surface area contributed by atoms with Gasteiger partial charge in [-0.2, -0.15) is 0 Å². The van der Waals surface area contributed by atoms with Gasteiger partial charge in [-0.15, -0.1) is 0 Å². The number of aliphatic hydroxyl groups excluding tert-OH is 1. The van der Waals surface area contributed by atoms with E-state index in [-0.39, 0.29) is 33.0 Å². The molecule has 0 aliphatic heterocycles. The van der Waals surface area contributed by atoms with Gasteiger partial charge in [0.15, 0.2) is 0 Å². The number of hydrogen-bond donors (Lipinski definition) is 1. The number of carbonyl (C=O) groups is 1. The molecule has 7 heteroatoms. The summed E-state index contributed by atoms with van der Waals surface area (Å²) in [5, 5.41) is 12.5. The zero-order chi connectivity index (χ0) is 38.1. The predicted octanol–water partition coefficient (Wildman–Crippen LogP) is 8.68. The van der Waals surface area contributed by atoms with E-state index in [9.17, 15) is 9.90 Å². The molecule has 7 nitrogen and oxygen atoms in total. The molecule has 0 saturated carbocycles. The average molecular weight is 737 g/mol. The Morgan fingerprint density at radius 1 is 0.491 bits per heavy atom. The van der Waals surface area contributed by atoms with Gasteiger partial charge < -0.3 is 28.8 Å². The minimum absolute atomic E-state index is 0.123. The highest BCUT2D eigenvalue weighted by molar-refractivity contribution is 5.65. The Morgan fingerprint density at radius 2 is 0.836 bits per heavy atom. The molecule has 55 heavy (non-hydrogen) atoms. The Labute approximate surface area is 324 Å². The molecule has 4 atom stereocenters. The Morgan fingerprint density at radius 3 is 1.22 bits per heavy atom. The molecular formula is C48H48O7. The third-order valence-electron chi connectivity index (χ3n) is 9.41. The molecule has 1 N–H and O–H groups in total. The lowest BCUT2D eigenvalue weighted by Crippen LogP contribution is -2.52. The van der Waals surface area contributed by atoms with Crippen LogP contribution >= 0.6 is 0 Å². The van der Waals surface area contributed by atoms with E-state index in [2.05, 4.69) is 0 Å². The molecule has 0 saturated heterocycles. The largest absolute Gasteiger partial charge is 0.463 e. The standard InChI is InChI=1S/C48H48O7/c1-37(49)51-36-45(52-32-38-20-8-2-9-21-38)47(54-34-40-24-12-4-13-25-40)46(53-33-39-22-10-3-11-23-39)44(50)35-55-48(41-26-14-5-15-27-41,42-28-16-6-17-29-42)43-30-18-7-19-31-43/h2-31,44-47,50H,32-36H2,1H3/t44-,45+,46-,47-/m1/s1. The van der Waals surface area contributed by atoms with Crippen LogP contribution in [0.5, 0.6) is 0 Å². The Kier molecular flexibility index (Phi) is 14.5. The van der Waals surface area contributed by atoms with Gasteiger partial charge in [0.05, 0.1) is 26.4 Å². The van der Waals surface area contributed by atoms with Crippen LogP contribution in [-0.4, -0.2) is 48.7 Å². The SMILES string of the molecule is CC(=O)OC[C@H](OCc1ccccc1)[C@@H](OCc1ccccc1)[C@H](OCc1ccccc1)[C@H](O)COC(c1ccccc1)(c1ccccc1)c1ccccc1. The maximum absolute atomic E-state index is 12.5. The number of aliphatic hydroxyl groups is 1. The molecule has 0 aliphatic carbocycles. The van der Waals surface area contributed by atoms with E-state index in [4.69, 9.17) is 23.7 Å². The lowest BCUT2D eigenvalue weighted by molar-refractivity contribution is -0.201. The third kappa shape index (κ3) is 10.9. The summed E-state index contributed by atoms with van der Waals surface area (Å²) in [5.41, 5.74) is 4.38. The summed E-state index contributed by atoms with van der Waals surface area (Å²) in [6, 6.07) is 59.3. The fourth-order valence-electron chi connectivity index (χ4n) is 6.66. The van der Waals surface area contributed by atoms with Gasteiger partial charge >= 0.3 is 5.97 Å². The fraction of sp³-hybridized carbons (Fsp3) is 0.229.